The molecular weight excluding hydrogens is 1810 g/mol. The number of hydrogen-bond acceptors (Lipinski definition) is 52. The molecule has 8 aliphatic rings. The number of hydrogen-bond donors (Lipinski definition) is 37. The van der Waals surface area contributed by atoms with Crippen LogP contribution < -0.4 is 26.6 Å². The van der Waals surface area contributed by atoms with Gasteiger partial charge in [-0.1, -0.05) is 0 Å². The average molecular weight is 1920 g/mol. The molecule has 754 valence electrons. The third kappa shape index (κ3) is 24.0. The van der Waals surface area contributed by atoms with Gasteiger partial charge in [-0.25, -0.2) is 19.2 Å². The maximum Gasteiger partial charge on any atom is 0.364 e. The molecule has 37 N–H and O–H groups in total. The Morgan fingerprint density at radius 2 is 0.634 bits per heavy atom. The topological polar surface area (TPSA) is 1000 Å². The molecular formula is C70H113N5O56. The van der Waals surface area contributed by atoms with Crippen LogP contribution in [-0.4, -0.2) is 557 Å². The van der Waals surface area contributed by atoms with Crippen LogP contribution >= 0.6 is 0 Å². The summed E-state index contributed by atoms with van der Waals surface area (Å²) in [5.74, 6) is -30.9. The Balaban J connectivity index is 1.19. The summed E-state index contributed by atoms with van der Waals surface area (Å²) >= 11 is 0. The van der Waals surface area contributed by atoms with Crippen LogP contribution in [0.15, 0.2) is 0 Å². The lowest BCUT2D eigenvalue weighted by Gasteiger charge is -2.53. The molecule has 8 saturated heterocycles. The number of rotatable bonds is 42. The van der Waals surface area contributed by atoms with E-state index in [4.69, 9.17) is 71.1 Å². The molecule has 0 aromatic carbocycles. The zero-order valence-corrected chi connectivity index (χ0v) is 68.8. The highest BCUT2D eigenvalue weighted by atomic mass is 16.8. The van der Waals surface area contributed by atoms with E-state index < -0.39 is 420 Å². The van der Waals surface area contributed by atoms with Gasteiger partial charge in [0.1, 0.15) is 191 Å². The summed E-state index contributed by atoms with van der Waals surface area (Å²) in [4.78, 5) is 119. The van der Waals surface area contributed by atoms with Crippen LogP contribution in [0, 0.1) is 0 Å². The second-order valence-electron chi connectivity index (χ2n) is 31.8. The SMILES string of the molecule is CC(=O)N[C@H]1[C@H](O[C@@H]2[C@H](O[C@]3(C(=O)O)C[C@H](O)[C@@H](NC(=O)CO)[C@H]([C@H](O)[C@@H](CO)O[C@]4(C(=O)O)C[C@H](O)[C@@H](NC(C)=O)[C@H]([C@H](O)[C@H](O)CO)O4)O3)[C@@H](O)[C@H](O[C@H]3[C@H](O)[C@@H](O)[C@H](O)O[C@@H]3CO)O[C@@H]2CO)O[C@H](CO)[C@H](O)[C@@H]1O[C@@H]1O[C@H](CO)[C@H](O)[C@H](O[C@]2(C(=O)O)C[C@H](O)[C@@H](NC(=O)CO)[C@H]([C@H](O)[C@@H](CO)O[C@]3(C(=O)O)C[C@H](O)[C@@H](NC(=O)CO)[C@H]([C@H](O)[C@H](O)CO)O3)O2)[C@H]1O. The maximum atomic E-state index is 14.3. The summed E-state index contributed by atoms with van der Waals surface area (Å²) in [6.45, 7) is -14.5. The number of amides is 5. The van der Waals surface area contributed by atoms with E-state index in [1.54, 1.807) is 0 Å². The predicted octanol–water partition coefficient (Wildman–Crippen LogP) is -24.0. The first kappa shape index (κ1) is 110. The molecule has 61 nitrogen and oxygen atoms in total. The second kappa shape index (κ2) is 46.6. The molecule has 0 spiro atoms. The summed E-state index contributed by atoms with van der Waals surface area (Å²) in [7, 11) is 0. The monoisotopic (exact) mass is 1920 g/mol. The van der Waals surface area contributed by atoms with Gasteiger partial charge >= 0.3 is 23.9 Å². The van der Waals surface area contributed by atoms with E-state index in [2.05, 4.69) is 10.6 Å². The number of aliphatic carboxylic acids is 4. The summed E-state index contributed by atoms with van der Waals surface area (Å²) in [6, 6.07) is -11.0. The Hall–Kier alpha value is -6.49. The van der Waals surface area contributed by atoms with Gasteiger partial charge in [-0.3, -0.25) is 24.0 Å². The van der Waals surface area contributed by atoms with Gasteiger partial charge in [0.05, 0.1) is 101 Å². The molecule has 44 atom stereocenters. The van der Waals surface area contributed by atoms with Gasteiger partial charge in [-0.05, 0) is 0 Å². The van der Waals surface area contributed by atoms with E-state index >= 15 is 0 Å². The van der Waals surface area contributed by atoms with Crippen LogP contribution in [0.1, 0.15) is 39.5 Å². The van der Waals surface area contributed by atoms with Crippen molar-refractivity contribution in [3.05, 3.63) is 0 Å². The fraction of sp³-hybridized carbons (Fsp3) is 0.871. The molecule has 8 aliphatic heterocycles. The quantitative estimate of drug-likeness (QED) is 0.0270. The van der Waals surface area contributed by atoms with Crippen LogP contribution in [-0.2, 0) is 114 Å². The summed E-state index contributed by atoms with van der Waals surface area (Å²) in [5.41, 5.74) is 0. The predicted molar refractivity (Wildman–Crippen MR) is 395 cm³/mol. The molecule has 0 aliphatic carbocycles. The summed E-state index contributed by atoms with van der Waals surface area (Å²) in [6.07, 6.45) is -95.1. The van der Waals surface area contributed by atoms with Crippen LogP contribution in [0.2, 0.25) is 0 Å². The van der Waals surface area contributed by atoms with E-state index in [9.17, 15) is 207 Å². The van der Waals surface area contributed by atoms with Crippen molar-refractivity contribution in [1.29, 1.82) is 0 Å². The fourth-order valence-corrected chi connectivity index (χ4v) is 16.3. The molecule has 0 unspecified atom stereocenters. The number of carboxylic acid groups (broad SMARTS) is 4. The molecule has 131 heavy (non-hydrogen) atoms. The van der Waals surface area contributed by atoms with E-state index in [1.165, 1.54) is 0 Å². The second-order valence-corrected chi connectivity index (χ2v) is 31.8. The molecule has 8 fully saturated rings. The van der Waals surface area contributed by atoms with E-state index in [0.717, 1.165) is 13.8 Å². The van der Waals surface area contributed by atoms with Crippen molar-refractivity contribution in [3.8, 4) is 0 Å². The highest BCUT2D eigenvalue weighted by Crippen LogP contribution is 2.46. The number of carbonyl (C=O) groups is 9. The molecule has 0 saturated carbocycles. The van der Waals surface area contributed by atoms with Crippen LogP contribution in [0.4, 0.5) is 0 Å². The molecule has 8 heterocycles. The lowest BCUT2D eigenvalue weighted by atomic mass is 9.87. The normalized spacial score (nSPS) is 41.8. The molecule has 0 aromatic rings. The third-order valence-corrected chi connectivity index (χ3v) is 22.9. The Bertz CT molecular complexity index is 3780. The minimum Gasteiger partial charge on any atom is -0.477 e. The zero-order valence-electron chi connectivity index (χ0n) is 68.8. The van der Waals surface area contributed by atoms with E-state index in [1.807, 2.05) is 16.0 Å². The van der Waals surface area contributed by atoms with Gasteiger partial charge in [-0.2, -0.15) is 0 Å². The molecule has 61 heteroatoms. The number of nitrogens with one attached hydrogen (secondary N) is 5. The number of ether oxygens (including phenoxy) is 15. The lowest BCUT2D eigenvalue weighted by molar-refractivity contribution is -0.405. The lowest BCUT2D eigenvalue weighted by Crippen LogP contribution is -2.73. The first-order valence-electron chi connectivity index (χ1n) is 40.2. The molecule has 0 radical (unpaired) electrons. The van der Waals surface area contributed by atoms with Crippen molar-refractivity contribution >= 4 is 53.4 Å². The third-order valence-electron chi connectivity index (χ3n) is 22.9. The minimum absolute atomic E-state index is 0.731. The Labute approximate surface area is 735 Å². The first-order chi connectivity index (χ1) is 61.5. The molecule has 5 amide bonds. The van der Waals surface area contributed by atoms with Crippen molar-refractivity contribution in [2.75, 3.05) is 72.7 Å². The number of carboxylic acids is 4. The van der Waals surface area contributed by atoms with Gasteiger partial charge in [0.25, 0.3) is 23.1 Å². The number of aliphatic hydroxyl groups excluding tert-OH is 28. The van der Waals surface area contributed by atoms with Gasteiger partial charge < -0.3 is 261 Å². The zero-order chi connectivity index (χ0) is 98.0. The summed E-state index contributed by atoms with van der Waals surface area (Å²) in [5, 5.41) is 365. The van der Waals surface area contributed by atoms with E-state index in [-0.39, 0.29) is 0 Å². The Kier molecular flexibility index (Phi) is 39.0. The van der Waals surface area contributed by atoms with Crippen molar-refractivity contribution in [1.82, 2.24) is 26.6 Å². The summed E-state index contributed by atoms with van der Waals surface area (Å²) < 4.78 is 87.1. The van der Waals surface area contributed by atoms with Crippen LogP contribution in [0.25, 0.3) is 0 Å². The highest BCUT2D eigenvalue weighted by Gasteiger charge is 2.67. The first-order valence-corrected chi connectivity index (χ1v) is 40.2. The van der Waals surface area contributed by atoms with Gasteiger partial charge in [0.15, 0.2) is 25.2 Å². The number of aliphatic hydroxyl groups is 28. The van der Waals surface area contributed by atoms with Crippen molar-refractivity contribution in [3.63, 3.8) is 0 Å². The molecule has 0 aromatic heterocycles. The van der Waals surface area contributed by atoms with Gasteiger partial charge in [-0.15, -0.1) is 0 Å². The molecule has 0 bridgehead atoms. The van der Waals surface area contributed by atoms with Crippen LogP contribution in [0.3, 0.4) is 0 Å². The maximum absolute atomic E-state index is 14.3. The smallest absolute Gasteiger partial charge is 0.364 e. The fourth-order valence-electron chi connectivity index (χ4n) is 16.3. The average Bonchev–Trinajstić information content (AvgIpc) is 0.729. The van der Waals surface area contributed by atoms with Crippen molar-refractivity contribution < 1.29 is 278 Å². The van der Waals surface area contributed by atoms with Crippen molar-refractivity contribution in [2.45, 2.75) is 307 Å². The van der Waals surface area contributed by atoms with E-state index in [0.29, 0.717) is 0 Å². The van der Waals surface area contributed by atoms with Gasteiger partial charge in [0, 0.05) is 39.5 Å². The minimum atomic E-state index is -3.90. The number of carbonyl (C=O) groups excluding carboxylic acids is 5. The highest BCUT2D eigenvalue weighted by molar-refractivity contribution is 5.81. The largest absolute Gasteiger partial charge is 0.477 e. The van der Waals surface area contributed by atoms with Gasteiger partial charge in [0.2, 0.25) is 29.5 Å². The molecule has 8 rings (SSSR count). The Morgan fingerprint density at radius 1 is 0.328 bits per heavy atom. The standard InChI is InChI=1S/C70H113N5O56/c1-18(87)71-35-20(89)3-67(63(109)110,126-53(35)40(98)24(93)7-76)124-29(12-81)45(103)56-38(75-34(97)17-86)23(92)6-70(129-56,66(115)116)131-58-49(107)62(121-50-30(13-82)117-59(108)47(105)46(50)104)120-31(14-83)51(58)122-60-39(72-19(2)88)52(42(100)26(9-78)118-60)123-61-48(106)57(43(101)27(10-79)119-61)130-69(65(113)114)5-22(91)37(74-33(96)16-85)55(128-69)44(102)28(11-80)125-68(64(111)112)4-21(90)36(73-32(95)15-84)54(127-68)41(99)25(94)8-77/h20-31,35-62,76-86,89-94,98-108H,3-17H2,1-2H3,(H,71,87)(H,72,88)(H,73,95)(H,74,96)(H,75,97)(H,109,110)(H,111,112)(H,113,114)(H,115,116)/t20-,21-,22-,23-,24+,25+,26+,27+,28+,29+,30+,31+,35+,36+,37+,38+,39+,40+,41+,42-,43-,44+,45+,46+,47+,48+,49+,50+,51-,52+,53+,54+,55+,56+,57-,58+,59+,60-,61-,62-,67+,68+,69-,70-/m0/s1. The van der Waals surface area contributed by atoms with Crippen LogP contribution in [0.5, 0.6) is 0 Å². The van der Waals surface area contributed by atoms with Crippen molar-refractivity contribution in [2.24, 2.45) is 0 Å². The Morgan fingerprint density at radius 3 is 0.992 bits per heavy atom.